The zero-order chi connectivity index (χ0) is 9.40. The highest BCUT2D eigenvalue weighted by Crippen LogP contribution is 2.06. The second-order valence-electron chi connectivity index (χ2n) is 2.41. The summed E-state index contributed by atoms with van der Waals surface area (Å²) >= 11 is 3.31. The van der Waals surface area contributed by atoms with Crippen molar-refractivity contribution in [1.82, 2.24) is 0 Å². The van der Waals surface area contributed by atoms with E-state index in [2.05, 4.69) is 15.9 Å². The van der Waals surface area contributed by atoms with E-state index in [0.717, 1.165) is 24.6 Å². The van der Waals surface area contributed by atoms with E-state index < -0.39 is 5.97 Å². The molecule has 0 aliphatic heterocycles. The average molecular weight is 224 g/mol. The van der Waals surface area contributed by atoms with Crippen molar-refractivity contribution in [2.75, 3.05) is 5.33 Å². The van der Waals surface area contributed by atoms with Gasteiger partial charge in [0.1, 0.15) is 0 Å². The molecule has 0 aliphatic carbocycles. The Bertz CT molecular complexity index is 130. The van der Waals surface area contributed by atoms with Crippen LogP contribution in [-0.2, 0) is 4.79 Å². The number of carbonyl (C=O) groups is 1. The molecule has 0 aromatic heterocycles. The topological polar surface area (TPSA) is 37.3 Å². The molecule has 11 heavy (non-hydrogen) atoms. The number of alkyl halides is 1. The Morgan fingerprint density at radius 2 is 2.09 bits per heavy atom. The first-order valence-corrected chi connectivity index (χ1v) is 4.99. The smallest absolute Gasteiger partial charge is 0.303 e. The van der Waals surface area contributed by atoms with Crippen LogP contribution in [0.25, 0.3) is 0 Å². The van der Waals surface area contributed by atoms with Gasteiger partial charge in [0, 0.05) is 13.1 Å². The molecule has 2 nitrogen and oxygen atoms in total. The molecule has 0 spiro atoms. The molecule has 0 aliphatic rings. The van der Waals surface area contributed by atoms with Crippen LogP contribution in [0.4, 0.5) is 0 Å². The molecule has 1 N–H and O–H groups in total. The van der Waals surface area contributed by atoms with Gasteiger partial charge in [0.2, 0.25) is 0 Å². The van der Waals surface area contributed by atoms with Crippen molar-refractivity contribution in [3.05, 3.63) is 0 Å². The van der Waals surface area contributed by atoms with E-state index in [1.165, 1.54) is 0 Å². The van der Waals surface area contributed by atoms with Crippen LogP contribution in [0.15, 0.2) is 0 Å². The number of unbranched alkanes of at least 4 members (excludes halogenated alkanes) is 1. The number of aliphatic carboxylic acids is 1. The normalized spacial score (nSPS) is 14.1. The van der Waals surface area contributed by atoms with Crippen LogP contribution < -0.4 is 0 Å². The Hall–Kier alpha value is -0.0500. The Balaban J connectivity index is 3.21. The van der Waals surface area contributed by atoms with E-state index in [4.69, 9.17) is 6.48 Å². The first-order valence-electron chi connectivity index (χ1n) is 4.44. The van der Waals surface area contributed by atoms with Crippen LogP contribution in [0, 0.1) is 0 Å². The van der Waals surface area contributed by atoms with Gasteiger partial charge in [0.05, 0.1) is 0 Å². The molecule has 0 unspecified atom stereocenters. The lowest BCUT2D eigenvalue weighted by molar-refractivity contribution is -0.137. The molecule has 0 saturated heterocycles. The number of carboxylic acid groups (broad SMARTS) is 1. The number of hydrogen-bond donors (Lipinski definition) is 1. The van der Waals surface area contributed by atoms with Crippen molar-refractivity contribution in [3.63, 3.8) is 0 Å². The second-order valence-corrected chi connectivity index (χ2v) is 3.20. The summed E-state index contributed by atoms with van der Waals surface area (Å²) in [5.74, 6) is -0.798. The molecule has 0 rings (SSSR count). The van der Waals surface area contributed by atoms with Crippen LogP contribution in [0.5, 0.6) is 0 Å². The molecular formula is C8H15BrO2. The van der Waals surface area contributed by atoms with E-state index in [1.54, 1.807) is 0 Å². The van der Waals surface area contributed by atoms with Gasteiger partial charge >= 0.3 is 5.97 Å². The number of halogens is 1. The Kier molecular flexibility index (Phi) is 6.62. The zero-order valence-electron chi connectivity index (χ0n) is 7.55. The number of carboxylic acids is 1. The van der Waals surface area contributed by atoms with E-state index in [0.29, 0.717) is 6.42 Å². The first kappa shape index (κ1) is 9.04. The molecule has 0 fully saturated rings. The molecule has 0 amide bonds. The van der Waals surface area contributed by atoms with Gasteiger partial charge in [0.15, 0.2) is 0 Å². The third kappa shape index (κ3) is 9.95. The minimum absolute atomic E-state index is 0.127. The summed E-state index contributed by atoms with van der Waals surface area (Å²) in [5, 5.41) is 9.31. The molecule has 0 heterocycles. The second kappa shape index (κ2) is 8.05. The maximum Gasteiger partial charge on any atom is 0.303 e. The van der Waals surface area contributed by atoms with Crippen molar-refractivity contribution >= 4 is 21.9 Å². The van der Waals surface area contributed by atoms with Crippen LogP contribution in [0.1, 0.15) is 39.9 Å². The predicted octanol–water partition coefficient (Wildman–Crippen LogP) is 2.81. The highest BCUT2D eigenvalue weighted by Gasteiger charge is 1.95. The van der Waals surface area contributed by atoms with E-state index in [-0.39, 0.29) is 12.8 Å². The van der Waals surface area contributed by atoms with Gasteiger partial charge in [0.25, 0.3) is 0 Å². The fourth-order valence-electron chi connectivity index (χ4n) is 0.753. The maximum absolute atomic E-state index is 10.1. The Morgan fingerprint density at radius 1 is 1.36 bits per heavy atom. The highest BCUT2D eigenvalue weighted by atomic mass is 79.9. The van der Waals surface area contributed by atoms with E-state index in [9.17, 15) is 4.79 Å². The van der Waals surface area contributed by atoms with E-state index in [1.807, 2.05) is 0 Å². The lowest BCUT2D eigenvalue weighted by Gasteiger charge is -1.96. The fourth-order valence-corrected chi connectivity index (χ4v) is 1.15. The monoisotopic (exact) mass is 223 g/mol. The van der Waals surface area contributed by atoms with Crippen LogP contribution in [-0.4, -0.2) is 16.4 Å². The van der Waals surface area contributed by atoms with Crippen LogP contribution in [0.3, 0.4) is 0 Å². The first-order chi connectivity index (χ1) is 5.66. The van der Waals surface area contributed by atoms with Gasteiger partial charge in [-0.3, -0.25) is 4.79 Å². The minimum Gasteiger partial charge on any atom is -0.481 e. The molecule has 3 heteroatoms. The van der Waals surface area contributed by atoms with Gasteiger partial charge in [-0.1, -0.05) is 35.2 Å². The molecule has 66 valence electrons. The van der Waals surface area contributed by atoms with Gasteiger partial charge in [-0.2, -0.15) is 0 Å². The zero-order valence-corrected chi connectivity index (χ0v) is 8.14. The highest BCUT2D eigenvalue weighted by molar-refractivity contribution is 9.09. The summed E-state index contributed by atoms with van der Waals surface area (Å²) in [5.41, 5.74) is 0. The summed E-state index contributed by atoms with van der Waals surface area (Å²) in [6.45, 7) is 0. The van der Waals surface area contributed by atoms with Crippen molar-refractivity contribution in [3.8, 4) is 0 Å². The Labute approximate surface area is 77.5 Å². The molecule has 0 saturated carbocycles. The van der Waals surface area contributed by atoms with Crippen molar-refractivity contribution in [1.29, 1.82) is 0 Å². The minimum atomic E-state index is -0.798. The standard InChI is InChI=1S/C8H15BrO2/c9-7-5-3-1-2-4-6-8(10)11/h1-7H2,(H,10,11)/i2D/t2-/m1/s1. The predicted molar refractivity (Wildman–Crippen MR) is 49.1 cm³/mol. The number of rotatable bonds is 7. The summed E-state index contributed by atoms with van der Waals surface area (Å²) in [6.07, 6.45) is 3.32. The molecule has 0 aromatic carbocycles. The van der Waals surface area contributed by atoms with E-state index >= 15 is 0 Å². The van der Waals surface area contributed by atoms with Crippen LogP contribution in [0.2, 0.25) is 0 Å². The number of hydrogen-bond acceptors (Lipinski definition) is 1. The summed E-state index contributed by atoms with van der Waals surface area (Å²) in [7, 11) is 0. The maximum atomic E-state index is 10.1. The quantitative estimate of drug-likeness (QED) is 0.533. The van der Waals surface area contributed by atoms with Crippen molar-refractivity contribution in [2.45, 2.75) is 38.5 Å². The van der Waals surface area contributed by atoms with Crippen molar-refractivity contribution < 1.29 is 11.3 Å². The van der Waals surface area contributed by atoms with Gasteiger partial charge in [-0.05, 0) is 12.8 Å². The third-order valence-corrected chi connectivity index (χ3v) is 1.91. The molecule has 0 bridgehead atoms. The van der Waals surface area contributed by atoms with Gasteiger partial charge in [-0.15, -0.1) is 0 Å². The summed E-state index contributed by atoms with van der Waals surface area (Å²) in [4.78, 5) is 10.1. The van der Waals surface area contributed by atoms with Crippen molar-refractivity contribution in [2.24, 2.45) is 0 Å². The summed E-state index contributed by atoms with van der Waals surface area (Å²) in [6, 6.07) is 0. The lowest BCUT2D eigenvalue weighted by atomic mass is 10.1. The lowest BCUT2D eigenvalue weighted by Crippen LogP contribution is -1.93. The summed E-state index contributed by atoms with van der Waals surface area (Å²) < 4.78 is 7.47. The largest absolute Gasteiger partial charge is 0.481 e. The molecule has 0 aromatic rings. The molecule has 0 radical (unpaired) electrons. The van der Waals surface area contributed by atoms with Gasteiger partial charge < -0.3 is 5.11 Å². The van der Waals surface area contributed by atoms with Crippen LogP contribution >= 0.6 is 15.9 Å². The van der Waals surface area contributed by atoms with Gasteiger partial charge in [-0.25, -0.2) is 0 Å². The molecule has 1 atom stereocenters. The fraction of sp³-hybridized carbons (Fsp3) is 0.875. The SMILES string of the molecule is [2H][C@H](CCCCBr)CCC(=O)O. The molecular weight excluding hydrogens is 208 g/mol. The third-order valence-electron chi connectivity index (χ3n) is 1.35. The Morgan fingerprint density at radius 3 is 2.64 bits per heavy atom. The average Bonchev–Trinajstić information content (AvgIpc) is 2.01.